The second kappa shape index (κ2) is 8.50. The molecule has 0 saturated carbocycles. The average Bonchev–Trinajstić information content (AvgIpc) is 2.86. The molecule has 0 aromatic heterocycles. The third-order valence-electron chi connectivity index (χ3n) is 2.98. The first-order chi connectivity index (χ1) is 9.88. The fraction of sp³-hybridized carbons (Fsp3) is 0.750. The smallest absolute Gasteiger partial charge is 0.248 e. The van der Waals surface area contributed by atoms with E-state index in [2.05, 4.69) is 36.1 Å². The van der Waals surface area contributed by atoms with E-state index in [-0.39, 0.29) is 41.3 Å². The highest BCUT2D eigenvalue weighted by Gasteiger charge is 2.35. The molecule has 1 atom stereocenters. The molecule has 0 aromatic rings. The molecule has 0 radical (unpaired) electrons. The fourth-order valence-electron chi connectivity index (χ4n) is 2.04. The molecular formula is C12H22N4O3S2. The van der Waals surface area contributed by atoms with Gasteiger partial charge in [0.05, 0.1) is 24.1 Å². The Hall–Kier alpha value is -0.930. The number of hydrogen-bond acceptors (Lipinski definition) is 6. The molecule has 1 rings (SSSR count). The number of thiol groups is 2. The predicted molar refractivity (Wildman–Crippen MR) is 85.7 cm³/mol. The van der Waals surface area contributed by atoms with E-state index in [1.165, 1.54) is 10.0 Å². The van der Waals surface area contributed by atoms with E-state index in [0.29, 0.717) is 19.4 Å². The largest absolute Gasteiger partial charge is 0.354 e. The van der Waals surface area contributed by atoms with Crippen molar-refractivity contribution >= 4 is 43.0 Å². The second-order valence-corrected chi connectivity index (χ2v) is 5.73. The van der Waals surface area contributed by atoms with Crippen molar-refractivity contribution < 1.29 is 14.4 Å². The topological polar surface area (TPSA) is 81.8 Å². The molecule has 0 aromatic carbocycles. The maximum atomic E-state index is 11.8. The molecule has 0 aliphatic carbocycles. The molecular weight excluding hydrogens is 312 g/mol. The molecule has 1 fully saturated rings. The highest BCUT2D eigenvalue weighted by atomic mass is 32.1. The minimum Gasteiger partial charge on any atom is -0.354 e. The number of carbonyl (C=O) groups is 3. The van der Waals surface area contributed by atoms with Gasteiger partial charge < -0.3 is 5.32 Å². The molecule has 9 heteroatoms. The minimum atomic E-state index is -0.244. The Balaban J connectivity index is 2.61. The van der Waals surface area contributed by atoms with Crippen molar-refractivity contribution in [1.29, 1.82) is 0 Å². The summed E-state index contributed by atoms with van der Waals surface area (Å²) in [5.74, 6) is -0.435. The Morgan fingerprint density at radius 1 is 1.24 bits per heavy atom. The Morgan fingerprint density at radius 3 is 2.38 bits per heavy atom. The number of hydrogen-bond donors (Lipinski definition) is 4. The monoisotopic (exact) mass is 334 g/mol. The molecule has 1 unspecified atom stereocenters. The van der Waals surface area contributed by atoms with Crippen LogP contribution in [0.5, 0.6) is 0 Å². The summed E-state index contributed by atoms with van der Waals surface area (Å²) in [4.78, 5) is 35.2. The highest BCUT2D eigenvalue weighted by Crippen LogP contribution is 2.15. The van der Waals surface area contributed by atoms with Gasteiger partial charge >= 0.3 is 0 Å². The first-order valence-electron chi connectivity index (χ1n) is 6.78. The number of nitrogens with one attached hydrogen (secondary N) is 2. The zero-order chi connectivity index (χ0) is 16.0. The first kappa shape index (κ1) is 18.1. The second-order valence-electron chi connectivity index (χ2n) is 5.10. The molecule has 0 bridgehead atoms. The summed E-state index contributed by atoms with van der Waals surface area (Å²) in [6.45, 7) is 4.12. The number of hydrazine groups is 2. The molecule has 120 valence electrons. The van der Waals surface area contributed by atoms with E-state index >= 15 is 0 Å². The van der Waals surface area contributed by atoms with Gasteiger partial charge in [0.1, 0.15) is 0 Å². The van der Waals surface area contributed by atoms with E-state index in [1.807, 2.05) is 13.8 Å². The fourth-order valence-corrected chi connectivity index (χ4v) is 2.36. The molecule has 1 saturated heterocycles. The van der Waals surface area contributed by atoms with Crippen molar-refractivity contribution in [2.45, 2.75) is 38.8 Å². The maximum Gasteiger partial charge on any atom is 0.248 e. The normalized spacial score (nSPS) is 18.2. The molecule has 1 aliphatic heterocycles. The van der Waals surface area contributed by atoms with Crippen LogP contribution in [0.4, 0.5) is 0 Å². The Bertz CT molecular complexity index is 406. The van der Waals surface area contributed by atoms with Gasteiger partial charge in [0.2, 0.25) is 17.7 Å². The maximum absolute atomic E-state index is 11.8. The molecule has 2 N–H and O–H groups in total. The number of rotatable bonds is 6. The molecule has 21 heavy (non-hydrogen) atoms. The van der Waals surface area contributed by atoms with Crippen LogP contribution in [-0.4, -0.2) is 57.9 Å². The first-order valence-corrected chi connectivity index (χ1v) is 8.05. The van der Waals surface area contributed by atoms with Gasteiger partial charge in [0, 0.05) is 12.5 Å². The number of carbonyl (C=O) groups excluding carboxylic acids is 3. The summed E-state index contributed by atoms with van der Waals surface area (Å²) in [6, 6.07) is -0.164. The van der Waals surface area contributed by atoms with Gasteiger partial charge in [-0.25, -0.2) is 0 Å². The van der Waals surface area contributed by atoms with E-state index < -0.39 is 0 Å². The summed E-state index contributed by atoms with van der Waals surface area (Å²) in [5.41, 5.74) is 2.75. The van der Waals surface area contributed by atoms with Crippen LogP contribution in [0.2, 0.25) is 0 Å². The van der Waals surface area contributed by atoms with Gasteiger partial charge in [-0.1, -0.05) is 0 Å². The van der Waals surface area contributed by atoms with Crippen molar-refractivity contribution in [2.24, 2.45) is 0 Å². The van der Waals surface area contributed by atoms with E-state index in [4.69, 9.17) is 0 Å². The van der Waals surface area contributed by atoms with Crippen molar-refractivity contribution in [2.75, 3.05) is 18.1 Å². The van der Waals surface area contributed by atoms with Gasteiger partial charge in [-0.3, -0.25) is 24.4 Å². The molecule has 1 aliphatic rings. The summed E-state index contributed by atoms with van der Waals surface area (Å²) in [7, 11) is 0. The Morgan fingerprint density at radius 2 is 1.86 bits per heavy atom. The third kappa shape index (κ3) is 5.40. The van der Waals surface area contributed by atoms with E-state index in [9.17, 15) is 14.4 Å². The van der Waals surface area contributed by atoms with Crippen LogP contribution < -0.4 is 10.9 Å². The van der Waals surface area contributed by atoms with E-state index in [0.717, 1.165) is 0 Å². The molecule has 1 heterocycles. The SMILES string of the molecule is CC(C)NC(=O)CCC1CN(C(=O)CS)NN1C(=O)CS. The summed E-state index contributed by atoms with van der Waals surface area (Å²) < 4.78 is 0. The van der Waals surface area contributed by atoms with Crippen molar-refractivity contribution in [3.05, 3.63) is 0 Å². The number of amides is 3. The van der Waals surface area contributed by atoms with Crippen molar-refractivity contribution in [3.8, 4) is 0 Å². The van der Waals surface area contributed by atoms with Crippen LogP contribution in [-0.2, 0) is 14.4 Å². The van der Waals surface area contributed by atoms with Crippen LogP contribution in [0.1, 0.15) is 26.7 Å². The standard InChI is InChI=1S/C12H22N4O3S2/c1-8(2)13-10(17)4-3-9-5-15(11(18)6-20)14-16(9)12(19)7-21/h8-9,14,20-21H,3-7H2,1-2H3,(H,13,17). The van der Waals surface area contributed by atoms with Crippen molar-refractivity contribution in [3.63, 3.8) is 0 Å². The third-order valence-corrected chi connectivity index (χ3v) is 3.52. The average molecular weight is 334 g/mol. The lowest BCUT2D eigenvalue weighted by Gasteiger charge is -2.22. The van der Waals surface area contributed by atoms with Gasteiger partial charge in [0.15, 0.2) is 0 Å². The Kier molecular flexibility index (Phi) is 7.33. The van der Waals surface area contributed by atoms with Crippen LogP contribution >= 0.6 is 25.3 Å². The highest BCUT2D eigenvalue weighted by molar-refractivity contribution is 7.81. The molecule has 0 spiro atoms. The zero-order valence-electron chi connectivity index (χ0n) is 12.2. The lowest BCUT2D eigenvalue weighted by molar-refractivity contribution is -0.139. The minimum absolute atomic E-state index is 0.0323. The zero-order valence-corrected chi connectivity index (χ0v) is 14.0. The van der Waals surface area contributed by atoms with E-state index in [1.54, 1.807) is 0 Å². The van der Waals surface area contributed by atoms with Crippen LogP contribution in [0.25, 0.3) is 0 Å². The van der Waals surface area contributed by atoms with Crippen molar-refractivity contribution in [1.82, 2.24) is 20.9 Å². The van der Waals surface area contributed by atoms with Crippen LogP contribution in [0.15, 0.2) is 0 Å². The number of nitrogens with zero attached hydrogens (tertiary/aromatic N) is 2. The van der Waals surface area contributed by atoms with Gasteiger partial charge in [-0.15, -0.1) is 5.53 Å². The summed E-state index contributed by atoms with van der Waals surface area (Å²) in [5, 5.41) is 5.52. The molecule has 7 nitrogen and oxygen atoms in total. The summed E-state index contributed by atoms with van der Waals surface area (Å²) in [6.07, 6.45) is 0.769. The lowest BCUT2D eigenvalue weighted by atomic mass is 10.1. The lowest BCUT2D eigenvalue weighted by Crippen LogP contribution is -2.48. The Labute approximate surface area is 135 Å². The van der Waals surface area contributed by atoms with Crippen LogP contribution in [0, 0.1) is 0 Å². The quantitative estimate of drug-likeness (QED) is 0.499. The van der Waals surface area contributed by atoms with Gasteiger partial charge in [-0.2, -0.15) is 25.3 Å². The molecule has 3 amide bonds. The van der Waals surface area contributed by atoms with Gasteiger partial charge in [-0.05, 0) is 20.3 Å². The predicted octanol–water partition coefficient (Wildman–Crippen LogP) is -0.390. The van der Waals surface area contributed by atoms with Crippen LogP contribution in [0.3, 0.4) is 0 Å². The summed E-state index contributed by atoms with van der Waals surface area (Å²) >= 11 is 7.89. The van der Waals surface area contributed by atoms with Gasteiger partial charge in [0.25, 0.3) is 0 Å².